The number of nitrogens with zero attached hydrogens (tertiary/aromatic N) is 1. The normalized spacial score (nSPS) is 13.2. The Morgan fingerprint density at radius 1 is 1.24 bits per heavy atom. The number of hydrogen-bond donors (Lipinski definition) is 1. The Labute approximate surface area is 123 Å². The molecule has 1 aromatic carbocycles. The van der Waals surface area contributed by atoms with E-state index < -0.39 is 29.2 Å². The molecular weight excluding hydrogens is 310 g/mol. The molecule has 0 amide bonds. The van der Waals surface area contributed by atoms with Crippen LogP contribution in [0.15, 0.2) is 36.7 Å². The van der Waals surface area contributed by atoms with Crippen molar-refractivity contribution in [1.82, 2.24) is 4.98 Å². The summed E-state index contributed by atoms with van der Waals surface area (Å²) in [6.45, 7) is 0. The monoisotopic (exact) mass is 319 g/mol. The molecule has 21 heavy (non-hydrogen) atoms. The van der Waals surface area contributed by atoms with Gasteiger partial charge in [-0.2, -0.15) is 13.2 Å². The first-order valence-electron chi connectivity index (χ1n) is 5.92. The Balaban J connectivity index is 2.36. The third-order valence-electron chi connectivity index (χ3n) is 2.98. The standard InChI is InChI=1S/C14H10ClF4NO/c15-11-2-1-3-12(16)8(11)6-13(21)9-7-20-5-4-10(9)14(17,18)19/h1-5,7,13,21H,6H2. The number of halogens is 5. The number of alkyl halides is 3. The molecule has 0 radical (unpaired) electrons. The molecule has 1 heterocycles. The van der Waals surface area contributed by atoms with Crippen molar-refractivity contribution in [2.45, 2.75) is 18.7 Å². The van der Waals surface area contributed by atoms with Crippen molar-refractivity contribution < 1.29 is 22.7 Å². The number of hydrogen-bond acceptors (Lipinski definition) is 2. The van der Waals surface area contributed by atoms with Crippen molar-refractivity contribution in [2.75, 3.05) is 0 Å². The van der Waals surface area contributed by atoms with Crippen LogP contribution in [0.25, 0.3) is 0 Å². The summed E-state index contributed by atoms with van der Waals surface area (Å²) < 4.78 is 52.2. The minimum absolute atomic E-state index is 0.0383. The van der Waals surface area contributed by atoms with Gasteiger partial charge in [0.25, 0.3) is 0 Å². The van der Waals surface area contributed by atoms with Crippen molar-refractivity contribution >= 4 is 11.6 Å². The van der Waals surface area contributed by atoms with Gasteiger partial charge in [0.1, 0.15) is 5.82 Å². The Hall–Kier alpha value is -1.66. The molecule has 1 N–H and O–H groups in total. The van der Waals surface area contributed by atoms with Crippen LogP contribution in [-0.4, -0.2) is 10.1 Å². The van der Waals surface area contributed by atoms with Crippen LogP contribution in [0.4, 0.5) is 17.6 Å². The van der Waals surface area contributed by atoms with Gasteiger partial charge in [-0.05, 0) is 18.2 Å². The summed E-state index contributed by atoms with van der Waals surface area (Å²) in [5, 5.41) is 10.0. The second kappa shape index (κ2) is 5.99. The van der Waals surface area contributed by atoms with Gasteiger partial charge in [-0.3, -0.25) is 4.98 Å². The van der Waals surface area contributed by atoms with Crippen LogP contribution >= 0.6 is 11.6 Å². The summed E-state index contributed by atoms with van der Waals surface area (Å²) in [5.74, 6) is -0.681. The molecule has 2 nitrogen and oxygen atoms in total. The van der Waals surface area contributed by atoms with Crippen LogP contribution in [0.1, 0.15) is 22.8 Å². The lowest BCUT2D eigenvalue weighted by Crippen LogP contribution is -2.14. The molecule has 0 saturated heterocycles. The van der Waals surface area contributed by atoms with E-state index in [9.17, 15) is 22.7 Å². The van der Waals surface area contributed by atoms with E-state index in [1.807, 2.05) is 0 Å². The van der Waals surface area contributed by atoms with Crippen molar-refractivity contribution in [2.24, 2.45) is 0 Å². The van der Waals surface area contributed by atoms with Gasteiger partial charge < -0.3 is 5.11 Å². The molecule has 0 aliphatic heterocycles. The highest BCUT2D eigenvalue weighted by atomic mass is 35.5. The summed E-state index contributed by atoms with van der Waals surface area (Å²) in [5.41, 5.74) is -1.45. The van der Waals surface area contributed by atoms with Gasteiger partial charge in [-0.1, -0.05) is 17.7 Å². The molecule has 7 heteroatoms. The van der Waals surface area contributed by atoms with Crippen LogP contribution in [0, 0.1) is 5.82 Å². The molecule has 0 aliphatic carbocycles. The zero-order valence-electron chi connectivity index (χ0n) is 10.5. The number of aliphatic hydroxyl groups is 1. The van der Waals surface area contributed by atoms with Crippen molar-refractivity contribution in [3.63, 3.8) is 0 Å². The second-order valence-corrected chi connectivity index (χ2v) is 4.79. The van der Waals surface area contributed by atoms with Gasteiger partial charge in [0.05, 0.1) is 11.7 Å². The fourth-order valence-electron chi connectivity index (χ4n) is 1.96. The SMILES string of the molecule is OC(Cc1c(F)cccc1Cl)c1cnccc1C(F)(F)F. The Bertz CT molecular complexity index is 625. The van der Waals surface area contributed by atoms with Crippen LogP contribution in [0.2, 0.25) is 5.02 Å². The van der Waals surface area contributed by atoms with Gasteiger partial charge in [0.2, 0.25) is 0 Å². The number of aliphatic hydroxyl groups excluding tert-OH is 1. The fraction of sp³-hybridized carbons (Fsp3) is 0.214. The van der Waals surface area contributed by atoms with Crippen LogP contribution < -0.4 is 0 Å². The van der Waals surface area contributed by atoms with E-state index in [0.717, 1.165) is 24.5 Å². The van der Waals surface area contributed by atoms with Crippen molar-refractivity contribution in [3.05, 3.63) is 64.2 Å². The summed E-state index contributed by atoms with van der Waals surface area (Å²) >= 11 is 5.80. The minimum atomic E-state index is -4.63. The quantitative estimate of drug-likeness (QED) is 0.861. The maximum absolute atomic E-state index is 13.6. The molecule has 2 rings (SSSR count). The topological polar surface area (TPSA) is 33.1 Å². The Morgan fingerprint density at radius 2 is 1.95 bits per heavy atom. The van der Waals surface area contributed by atoms with E-state index >= 15 is 0 Å². The fourth-order valence-corrected chi connectivity index (χ4v) is 2.20. The molecule has 1 unspecified atom stereocenters. The van der Waals surface area contributed by atoms with E-state index in [1.54, 1.807) is 0 Å². The summed E-state index contributed by atoms with van der Waals surface area (Å²) in [6.07, 6.45) is -4.67. The van der Waals surface area contributed by atoms with Gasteiger partial charge >= 0.3 is 6.18 Å². The molecule has 1 atom stereocenters. The molecule has 0 spiro atoms. The van der Waals surface area contributed by atoms with Crippen LogP contribution in [-0.2, 0) is 12.6 Å². The van der Waals surface area contributed by atoms with E-state index in [4.69, 9.17) is 11.6 Å². The van der Waals surface area contributed by atoms with E-state index in [-0.39, 0.29) is 17.0 Å². The van der Waals surface area contributed by atoms with Gasteiger partial charge in [0.15, 0.2) is 0 Å². The lowest BCUT2D eigenvalue weighted by atomic mass is 9.98. The predicted molar refractivity (Wildman–Crippen MR) is 69.3 cm³/mol. The lowest BCUT2D eigenvalue weighted by molar-refractivity contribution is -0.139. The van der Waals surface area contributed by atoms with Gasteiger partial charge in [0, 0.05) is 35.0 Å². The third-order valence-corrected chi connectivity index (χ3v) is 3.33. The number of benzene rings is 1. The molecule has 0 fully saturated rings. The highest BCUT2D eigenvalue weighted by molar-refractivity contribution is 6.31. The molecule has 0 bridgehead atoms. The summed E-state index contributed by atoms with van der Waals surface area (Å²) in [4.78, 5) is 3.58. The first-order chi connectivity index (χ1) is 9.80. The largest absolute Gasteiger partial charge is 0.416 e. The van der Waals surface area contributed by atoms with Gasteiger partial charge in [-0.15, -0.1) is 0 Å². The summed E-state index contributed by atoms with van der Waals surface area (Å²) in [7, 11) is 0. The zero-order chi connectivity index (χ0) is 15.6. The van der Waals surface area contributed by atoms with Crippen LogP contribution in [0.3, 0.4) is 0 Å². The number of rotatable bonds is 3. The van der Waals surface area contributed by atoms with Crippen molar-refractivity contribution in [1.29, 1.82) is 0 Å². The maximum atomic E-state index is 13.6. The second-order valence-electron chi connectivity index (χ2n) is 4.38. The summed E-state index contributed by atoms with van der Waals surface area (Å²) in [6, 6.07) is 4.67. The highest BCUT2D eigenvalue weighted by Crippen LogP contribution is 2.35. The average Bonchev–Trinajstić information content (AvgIpc) is 2.42. The van der Waals surface area contributed by atoms with E-state index in [2.05, 4.69) is 4.98 Å². The first kappa shape index (κ1) is 15.7. The number of aromatic nitrogens is 1. The minimum Gasteiger partial charge on any atom is -0.388 e. The Kier molecular flexibility index (Phi) is 4.49. The maximum Gasteiger partial charge on any atom is 0.416 e. The number of pyridine rings is 1. The predicted octanol–water partition coefficient (Wildman–Crippen LogP) is 4.17. The lowest BCUT2D eigenvalue weighted by Gasteiger charge is -2.17. The smallest absolute Gasteiger partial charge is 0.388 e. The molecule has 112 valence electrons. The van der Waals surface area contributed by atoms with E-state index in [1.165, 1.54) is 12.1 Å². The molecule has 1 aromatic heterocycles. The highest BCUT2D eigenvalue weighted by Gasteiger charge is 2.35. The Morgan fingerprint density at radius 3 is 2.57 bits per heavy atom. The van der Waals surface area contributed by atoms with E-state index in [0.29, 0.717) is 0 Å². The average molecular weight is 320 g/mol. The van der Waals surface area contributed by atoms with Crippen LogP contribution in [0.5, 0.6) is 0 Å². The third kappa shape index (κ3) is 3.51. The molecule has 0 aliphatic rings. The van der Waals surface area contributed by atoms with Crippen molar-refractivity contribution in [3.8, 4) is 0 Å². The molecular formula is C14H10ClF4NO. The zero-order valence-corrected chi connectivity index (χ0v) is 11.3. The molecule has 2 aromatic rings. The first-order valence-corrected chi connectivity index (χ1v) is 6.30. The molecule has 0 saturated carbocycles. The van der Waals surface area contributed by atoms with Gasteiger partial charge in [-0.25, -0.2) is 4.39 Å².